The number of nitriles is 1. The first-order valence-electron chi connectivity index (χ1n) is 6.60. The zero-order valence-corrected chi connectivity index (χ0v) is 12.4. The molecule has 0 heterocycles. The van der Waals surface area contributed by atoms with Crippen LogP contribution in [0.1, 0.15) is 31.9 Å². The predicted molar refractivity (Wildman–Crippen MR) is 79.0 cm³/mol. The largest absolute Gasteiger partial charge is 0.444 e. The van der Waals surface area contributed by atoms with E-state index in [0.717, 1.165) is 5.56 Å². The fourth-order valence-electron chi connectivity index (χ4n) is 1.56. The van der Waals surface area contributed by atoms with Gasteiger partial charge in [-0.3, -0.25) is 0 Å². The Labute approximate surface area is 124 Å². The molecule has 0 unspecified atom stereocenters. The Balaban J connectivity index is 2.56. The highest BCUT2D eigenvalue weighted by molar-refractivity contribution is 5.68. The zero-order chi connectivity index (χ0) is 15.9. The van der Waals surface area contributed by atoms with E-state index in [9.17, 15) is 9.18 Å². The minimum Gasteiger partial charge on any atom is -0.444 e. The van der Waals surface area contributed by atoms with Crippen LogP contribution < -0.4 is 5.32 Å². The number of rotatable bonds is 4. The molecule has 0 aliphatic heterocycles. The van der Waals surface area contributed by atoms with Crippen molar-refractivity contribution in [3.05, 3.63) is 41.2 Å². The summed E-state index contributed by atoms with van der Waals surface area (Å²) in [6.07, 6.45) is 2.90. The number of alkyl carbamates (subject to hydrolysis) is 1. The van der Waals surface area contributed by atoms with Crippen molar-refractivity contribution in [1.29, 1.82) is 5.26 Å². The smallest absolute Gasteiger partial charge is 0.407 e. The maximum atomic E-state index is 13.6. The van der Waals surface area contributed by atoms with Gasteiger partial charge in [0.25, 0.3) is 0 Å². The fourth-order valence-corrected chi connectivity index (χ4v) is 1.56. The normalized spacial score (nSPS) is 11.2. The molecule has 1 rings (SSSR count). The van der Waals surface area contributed by atoms with Gasteiger partial charge in [-0.1, -0.05) is 18.2 Å². The summed E-state index contributed by atoms with van der Waals surface area (Å²) in [6, 6.07) is 6.53. The van der Waals surface area contributed by atoms with Crippen molar-refractivity contribution in [1.82, 2.24) is 5.32 Å². The minimum absolute atomic E-state index is 0.233. The van der Waals surface area contributed by atoms with Crippen LogP contribution in [0.25, 0.3) is 6.08 Å². The lowest BCUT2D eigenvalue weighted by atomic mass is 10.1. The van der Waals surface area contributed by atoms with Gasteiger partial charge in [0, 0.05) is 12.1 Å². The molecule has 1 aromatic carbocycles. The summed E-state index contributed by atoms with van der Waals surface area (Å²) in [5.41, 5.74) is 0.582. The Morgan fingerprint density at radius 2 is 2.19 bits per heavy atom. The van der Waals surface area contributed by atoms with E-state index in [4.69, 9.17) is 10.00 Å². The number of nitrogens with one attached hydrogen (secondary N) is 1. The molecular formula is C16H19FN2O2. The Bertz CT molecular complexity index is 569. The summed E-state index contributed by atoms with van der Waals surface area (Å²) < 4.78 is 18.6. The van der Waals surface area contributed by atoms with Gasteiger partial charge in [-0.15, -0.1) is 0 Å². The second kappa shape index (κ2) is 7.44. The molecule has 0 saturated carbocycles. The third kappa shape index (κ3) is 6.57. The first-order chi connectivity index (χ1) is 9.81. The monoisotopic (exact) mass is 290 g/mol. The number of nitrogens with zero attached hydrogens (tertiary/aromatic N) is 1. The van der Waals surface area contributed by atoms with E-state index < -0.39 is 11.7 Å². The molecule has 0 bridgehead atoms. The van der Waals surface area contributed by atoms with Crippen molar-refractivity contribution in [3.8, 4) is 6.07 Å². The molecule has 0 atom stereocenters. The molecule has 1 aromatic rings. The Hall–Kier alpha value is -2.35. The molecule has 0 aliphatic carbocycles. The van der Waals surface area contributed by atoms with Gasteiger partial charge in [0.15, 0.2) is 0 Å². The van der Waals surface area contributed by atoms with Crippen LogP contribution in [0, 0.1) is 17.1 Å². The number of benzene rings is 1. The zero-order valence-electron chi connectivity index (χ0n) is 12.4. The summed E-state index contributed by atoms with van der Waals surface area (Å²) in [6.45, 7) is 5.56. The molecule has 21 heavy (non-hydrogen) atoms. The molecule has 5 heteroatoms. The number of ether oxygens (including phenoxy) is 1. The van der Waals surface area contributed by atoms with E-state index in [-0.39, 0.29) is 18.8 Å². The molecule has 0 radical (unpaired) electrons. The van der Waals surface area contributed by atoms with Crippen LogP contribution in [0.4, 0.5) is 9.18 Å². The summed E-state index contributed by atoms with van der Waals surface area (Å²) in [7, 11) is 0. The lowest BCUT2D eigenvalue weighted by Gasteiger charge is -2.19. The van der Waals surface area contributed by atoms with E-state index in [1.54, 1.807) is 45.1 Å². The van der Waals surface area contributed by atoms with Gasteiger partial charge in [0.2, 0.25) is 0 Å². The number of amides is 1. The van der Waals surface area contributed by atoms with E-state index >= 15 is 0 Å². The van der Waals surface area contributed by atoms with Crippen LogP contribution in [0.15, 0.2) is 24.3 Å². The lowest BCUT2D eigenvalue weighted by Crippen LogP contribution is -2.32. The van der Waals surface area contributed by atoms with Gasteiger partial charge in [-0.05, 0) is 38.5 Å². The van der Waals surface area contributed by atoms with Crippen LogP contribution in [0.5, 0.6) is 0 Å². The number of hydrogen-bond acceptors (Lipinski definition) is 3. The highest BCUT2D eigenvalue weighted by atomic mass is 19.1. The lowest BCUT2D eigenvalue weighted by molar-refractivity contribution is 0.0534. The molecule has 1 N–H and O–H groups in total. The van der Waals surface area contributed by atoms with E-state index in [2.05, 4.69) is 5.32 Å². The molecule has 4 nitrogen and oxygen atoms in total. The summed E-state index contributed by atoms with van der Waals surface area (Å²) >= 11 is 0. The molecule has 0 saturated heterocycles. The molecule has 0 aliphatic rings. The molecule has 0 spiro atoms. The van der Waals surface area contributed by atoms with Gasteiger partial charge >= 0.3 is 6.09 Å². The molecule has 0 aromatic heterocycles. The first kappa shape index (κ1) is 16.7. The number of halogens is 1. The third-order valence-electron chi connectivity index (χ3n) is 2.40. The molecule has 112 valence electrons. The Morgan fingerprint density at radius 3 is 2.81 bits per heavy atom. The number of carbonyl (C=O) groups is 1. The average molecular weight is 290 g/mol. The molecule has 0 fully saturated rings. The van der Waals surface area contributed by atoms with E-state index in [0.29, 0.717) is 5.56 Å². The van der Waals surface area contributed by atoms with E-state index in [1.807, 2.05) is 6.07 Å². The second-order valence-electron chi connectivity index (χ2n) is 5.48. The second-order valence-corrected chi connectivity index (χ2v) is 5.48. The van der Waals surface area contributed by atoms with Crippen molar-refractivity contribution >= 4 is 12.2 Å². The third-order valence-corrected chi connectivity index (χ3v) is 2.40. The van der Waals surface area contributed by atoms with Crippen molar-refractivity contribution in [3.63, 3.8) is 0 Å². The van der Waals surface area contributed by atoms with Crippen LogP contribution in [-0.4, -0.2) is 18.2 Å². The Kier molecular flexibility index (Phi) is 5.92. The highest BCUT2D eigenvalue weighted by Crippen LogP contribution is 2.12. The van der Waals surface area contributed by atoms with Gasteiger partial charge in [0.1, 0.15) is 11.4 Å². The number of carbonyl (C=O) groups excluding carboxylic acids is 1. The van der Waals surface area contributed by atoms with Crippen molar-refractivity contribution in [2.75, 3.05) is 6.54 Å². The fraction of sp³-hybridized carbons (Fsp3) is 0.375. The van der Waals surface area contributed by atoms with Crippen molar-refractivity contribution < 1.29 is 13.9 Å². The SMILES string of the molecule is CC(C)(C)OC(=O)NCC=Cc1cc(CC#N)ccc1F. The van der Waals surface area contributed by atoms with Crippen LogP contribution >= 0.6 is 0 Å². The van der Waals surface area contributed by atoms with Crippen LogP contribution in [-0.2, 0) is 11.2 Å². The summed E-state index contributed by atoms with van der Waals surface area (Å²) in [5.74, 6) is -0.370. The predicted octanol–water partition coefficient (Wildman–Crippen LogP) is 3.43. The van der Waals surface area contributed by atoms with Crippen molar-refractivity contribution in [2.45, 2.75) is 32.8 Å². The van der Waals surface area contributed by atoms with Crippen LogP contribution in [0.2, 0.25) is 0 Å². The molecular weight excluding hydrogens is 271 g/mol. The Morgan fingerprint density at radius 1 is 1.48 bits per heavy atom. The molecule has 1 amide bonds. The van der Waals surface area contributed by atoms with Crippen LogP contribution in [0.3, 0.4) is 0 Å². The topological polar surface area (TPSA) is 62.1 Å². The summed E-state index contributed by atoms with van der Waals surface area (Å²) in [5, 5.41) is 11.2. The minimum atomic E-state index is -0.550. The van der Waals surface area contributed by atoms with Crippen molar-refractivity contribution in [2.24, 2.45) is 0 Å². The standard InChI is InChI=1S/C16H19FN2O2/c1-16(2,3)21-15(20)19-10-4-5-13-11-12(8-9-18)6-7-14(13)17/h4-7,11H,8,10H2,1-3H3,(H,19,20). The maximum Gasteiger partial charge on any atom is 0.407 e. The van der Waals surface area contributed by atoms with Gasteiger partial charge < -0.3 is 10.1 Å². The average Bonchev–Trinajstić information content (AvgIpc) is 2.36. The quantitative estimate of drug-likeness (QED) is 0.924. The van der Waals surface area contributed by atoms with Gasteiger partial charge in [0.05, 0.1) is 12.5 Å². The number of hydrogen-bond donors (Lipinski definition) is 1. The summed E-state index contributed by atoms with van der Waals surface area (Å²) in [4.78, 5) is 11.4. The van der Waals surface area contributed by atoms with Gasteiger partial charge in [-0.2, -0.15) is 5.26 Å². The maximum absolute atomic E-state index is 13.6. The highest BCUT2D eigenvalue weighted by Gasteiger charge is 2.14. The van der Waals surface area contributed by atoms with E-state index in [1.165, 1.54) is 6.07 Å². The van der Waals surface area contributed by atoms with Gasteiger partial charge in [-0.25, -0.2) is 9.18 Å². The first-order valence-corrected chi connectivity index (χ1v) is 6.60.